The van der Waals surface area contributed by atoms with Crippen LogP contribution in [0.15, 0.2) is 24.3 Å². The first-order valence-corrected chi connectivity index (χ1v) is 8.01. The molecule has 0 spiro atoms. The van der Waals surface area contributed by atoms with Crippen molar-refractivity contribution in [3.63, 3.8) is 0 Å². The normalized spacial score (nSPS) is 18.2. The summed E-state index contributed by atoms with van der Waals surface area (Å²) in [6.07, 6.45) is 3.47. The van der Waals surface area contributed by atoms with Gasteiger partial charge in [0.1, 0.15) is 0 Å². The fourth-order valence-electron chi connectivity index (χ4n) is 2.61. The molecule has 4 heteroatoms. The van der Waals surface area contributed by atoms with Crippen LogP contribution >= 0.6 is 34.5 Å². The van der Waals surface area contributed by atoms with Crippen LogP contribution in [0.3, 0.4) is 0 Å². The molecule has 0 bridgehead atoms. The molecule has 1 aliphatic carbocycles. The van der Waals surface area contributed by atoms with Gasteiger partial charge in [-0.2, -0.15) is 0 Å². The van der Waals surface area contributed by atoms with E-state index in [4.69, 9.17) is 23.2 Å². The Balaban J connectivity index is 1.90. The zero-order valence-electron chi connectivity index (χ0n) is 10.7. The van der Waals surface area contributed by atoms with Crippen LogP contribution in [0, 0.1) is 6.92 Å². The Morgan fingerprint density at radius 3 is 2.95 bits per heavy atom. The smallest absolute Gasteiger partial charge is 0.0934 e. The van der Waals surface area contributed by atoms with Gasteiger partial charge in [0.25, 0.3) is 0 Å². The van der Waals surface area contributed by atoms with E-state index in [1.807, 2.05) is 12.1 Å². The van der Waals surface area contributed by atoms with Crippen molar-refractivity contribution < 1.29 is 0 Å². The van der Waals surface area contributed by atoms with Crippen LogP contribution in [0.5, 0.6) is 0 Å². The highest BCUT2D eigenvalue weighted by Gasteiger charge is 2.23. The molecule has 0 amide bonds. The fraction of sp³-hybridized carbons (Fsp3) is 0.333. The maximum absolute atomic E-state index is 6.26. The molecule has 0 saturated carbocycles. The molecule has 2 aromatic rings. The van der Waals surface area contributed by atoms with Gasteiger partial charge in [0.15, 0.2) is 0 Å². The Morgan fingerprint density at radius 1 is 1.26 bits per heavy atom. The van der Waals surface area contributed by atoms with Gasteiger partial charge in [-0.25, -0.2) is 0 Å². The van der Waals surface area contributed by atoms with Crippen molar-refractivity contribution in [3.05, 3.63) is 49.6 Å². The average Bonchev–Trinajstić information content (AvgIpc) is 2.75. The van der Waals surface area contributed by atoms with E-state index in [9.17, 15) is 0 Å². The summed E-state index contributed by atoms with van der Waals surface area (Å²) in [5.74, 6) is 0. The Hall–Kier alpha value is -0.700. The highest BCUT2D eigenvalue weighted by Crippen LogP contribution is 2.40. The highest BCUT2D eigenvalue weighted by atomic mass is 35.5. The predicted molar refractivity (Wildman–Crippen MR) is 84.8 cm³/mol. The van der Waals surface area contributed by atoms with Gasteiger partial charge in [-0.3, -0.25) is 0 Å². The van der Waals surface area contributed by atoms with Crippen LogP contribution in [0.25, 0.3) is 0 Å². The van der Waals surface area contributed by atoms with E-state index in [-0.39, 0.29) is 0 Å². The number of hydrogen-bond acceptors (Lipinski definition) is 2. The number of nitrogens with one attached hydrogen (secondary N) is 1. The van der Waals surface area contributed by atoms with Crippen molar-refractivity contribution in [2.45, 2.75) is 32.2 Å². The highest BCUT2D eigenvalue weighted by molar-refractivity contribution is 7.16. The van der Waals surface area contributed by atoms with Crippen molar-refractivity contribution in [1.82, 2.24) is 0 Å². The van der Waals surface area contributed by atoms with Crippen molar-refractivity contribution >= 4 is 40.2 Å². The van der Waals surface area contributed by atoms with Crippen LogP contribution in [0.1, 0.15) is 34.9 Å². The number of hydrogen-bond donors (Lipinski definition) is 1. The lowest BCUT2D eigenvalue weighted by Gasteiger charge is -2.25. The van der Waals surface area contributed by atoms with E-state index in [1.165, 1.54) is 22.4 Å². The molecule has 1 heterocycles. The Bertz CT molecular complexity index is 606. The van der Waals surface area contributed by atoms with Gasteiger partial charge in [0.05, 0.1) is 21.1 Å². The molecule has 1 nitrogen and oxygen atoms in total. The second kappa shape index (κ2) is 5.35. The van der Waals surface area contributed by atoms with Gasteiger partial charge in [0.2, 0.25) is 0 Å². The van der Waals surface area contributed by atoms with Crippen LogP contribution in [0.4, 0.5) is 5.69 Å². The lowest BCUT2D eigenvalue weighted by Crippen LogP contribution is -2.15. The molecule has 1 aliphatic rings. The maximum atomic E-state index is 6.26. The van der Waals surface area contributed by atoms with E-state index >= 15 is 0 Å². The summed E-state index contributed by atoms with van der Waals surface area (Å²) in [7, 11) is 0. The van der Waals surface area contributed by atoms with E-state index in [0.717, 1.165) is 27.9 Å². The standard InChI is InChI=1S/C15H15Cl2NS/c1-9-5-6-11(16)13(7-9)18-12-3-2-4-14-10(12)8-15(17)19-14/h5-8,12,18H,2-4H2,1H3. The summed E-state index contributed by atoms with van der Waals surface area (Å²) >= 11 is 14.1. The lowest BCUT2D eigenvalue weighted by molar-refractivity contribution is 0.609. The molecular weight excluding hydrogens is 297 g/mol. The molecule has 1 unspecified atom stereocenters. The molecule has 1 aromatic heterocycles. The number of fused-ring (bicyclic) bond motifs is 1. The molecule has 0 radical (unpaired) electrons. The van der Waals surface area contributed by atoms with Crippen molar-refractivity contribution in [2.24, 2.45) is 0 Å². The summed E-state index contributed by atoms with van der Waals surface area (Å²) in [5.41, 5.74) is 3.58. The first-order valence-electron chi connectivity index (χ1n) is 6.44. The monoisotopic (exact) mass is 311 g/mol. The van der Waals surface area contributed by atoms with Crippen LogP contribution < -0.4 is 5.32 Å². The van der Waals surface area contributed by atoms with E-state index in [1.54, 1.807) is 11.3 Å². The summed E-state index contributed by atoms with van der Waals surface area (Å²) in [6.45, 7) is 2.08. The van der Waals surface area contributed by atoms with Gasteiger partial charge in [0, 0.05) is 4.88 Å². The largest absolute Gasteiger partial charge is 0.377 e. The summed E-state index contributed by atoms with van der Waals surface area (Å²) in [4.78, 5) is 1.41. The van der Waals surface area contributed by atoms with Crippen molar-refractivity contribution in [3.8, 4) is 0 Å². The molecule has 100 valence electrons. The number of rotatable bonds is 2. The molecule has 0 aliphatic heterocycles. The lowest BCUT2D eigenvalue weighted by atomic mass is 9.94. The van der Waals surface area contributed by atoms with Crippen LogP contribution in [-0.2, 0) is 6.42 Å². The number of aryl methyl sites for hydroxylation is 2. The van der Waals surface area contributed by atoms with Crippen molar-refractivity contribution in [2.75, 3.05) is 5.32 Å². The number of thiophene rings is 1. The Morgan fingerprint density at radius 2 is 2.11 bits per heavy atom. The van der Waals surface area contributed by atoms with Gasteiger partial charge in [-0.1, -0.05) is 29.3 Å². The maximum Gasteiger partial charge on any atom is 0.0934 e. The SMILES string of the molecule is Cc1ccc(Cl)c(NC2CCCc3sc(Cl)cc32)c1. The van der Waals surface area contributed by atoms with Gasteiger partial charge in [-0.15, -0.1) is 11.3 Å². The third-order valence-corrected chi connectivity index (χ3v) is 5.20. The fourth-order valence-corrected chi connectivity index (χ4v) is 4.16. The first-order chi connectivity index (χ1) is 9.13. The molecule has 19 heavy (non-hydrogen) atoms. The molecule has 1 aromatic carbocycles. The minimum atomic E-state index is 0.326. The van der Waals surface area contributed by atoms with E-state index < -0.39 is 0 Å². The minimum Gasteiger partial charge on any atom is -0.377 e. The molecule has 3 rings (SSSR count). The average molecular weight is 312 g/mol. The molecule has 0 saturated heterocycles. The zero-order chi connectivity index (χ0) is 13.4. The van der Waals surface area contributed by atoms with E-state index in [2.05, 4.69) is 24.4 Å². The van der Waals surface area contributed by atoms with Crippen molar-refractivity contribution in [1.29, 1.82) is 0 Å². The van der Waals surface area contributed by atoms with Gasteiger partial charge >= 0.3 is 0 Å². The summed E-state index contributed by atoms with van der Waals surface area (Å²) < 4.78 is 0.883. The van der Waals surface area contributed by atoms with Crippen LogP contribution in [-0.4, -0.2) is 0 Å². The zero-order valence-corrected chi connectivity index (χ0v) is 13.0. The molecular formula is C15H15Cl2NS. The van der Waals surface area contributed by atoms with Gasteiger partial charge in [-0.05, 0) is 55.5 Å². The third-order valence-electron chi connectivity index (χ3n) is 3.54. The Labute approximate surface area is 127 Å². The minimum absolute atomic E-state index is 0.326. The molecule has 0 fully saturated rings. The quantitative estimate of drug-likeness (QED) is 0.733. The predicted octanol–water partition coefficient (Wildman–Crippen LogP) is 5.85. The number of halogens is 2. The topological polar surface area (TPSA) is 12.0 Å². The first kappa shape index (κ1) is 13.3. The molecule has 1 N–H and O–H groups in total. The van der Waals surface area contributed by atoms with E-state index in [0.29, 0.717) is 6.04 Å². The van der Waals surface area contributed by atoms with Gasteiger partial charge < -0.3 is 5.32 Å². The number of benzene rings is 1. The third kappa shape index (κ3) is 2.76. The summed E-state index contributed by atoms with van der Waals surface area (Å²) in [6, 6.07) is 8.50. The second-order valence-corrected chi connectivity index (χ2v) is 7.18. The number of anilines is 1. The van der Waals surface area contributed by atoms with Crippen LogP contribution in [0.2, 0.25) is 9.36 Å². The Kier molecular flexibility index (Phi) is 3.75. The second-order valence-electron chi connectivity index (χ2n) is 5.00. The molecule has 1 atom stereocenters. The summed E-state index contributed by atoms with van der Waals surface area (Å²) in [5, 5.41) is 4.35.